The number of pyridine rings is 1. The minimum atomic E-state index is -2.81. The van der Waals surface area contributed by atoms with Crippen molar-refractivity contribution in [2.75, 3.05) is 5.32 Å². The molecule has 0 radical (unpaired) electrons. The van der Waals surface area contributed by atoms with Gasteiger partial charge in [-0.05, 0) is 51.5 Å². The molecule has 0 saturated carbocycles. The van der Waals surface area contributed by atoms with E-state index in [1.54, 1.807) is 6.92 Å². The lowest BCUT2D eigenvalue weighted by molar-refractivity contribution is -0.390. The van der Waals surface area contributed by atoms with Gasteiger partial charge >= 0.3 is 5.82 Å². The third-order valence-corrected chi connectivity index (χ3v) is 6.30. The maximum Gasteiger partial charge on any atom is 0.404 e. The number of furan rings is 1. The van der Waals surface area contributed by atoms with Crippen LogP contribution in [0.15, 0.2) is 33.3 Å². The van der Waals surface area contributed by atoms with Gasteiger partial charge in [0.05, 0.1) is 17.0 Å². The Hall–Kier alpha value is -3.72. The van der Waals surface area contributed by atoms with E-state index in [-0.39, 0.29) is 43.8 Å². The van der Waals surface area contributed by atoms with Crippen molar-refractivity contribution in [2.45, 2.75) is 19.9 Å². The number of hydrogen-bond donors (Lipinski definition) is 2. The van der Waals surface area contributed by atoms with Crippen LogP contribution in [0.5, 0.6) is 0 Å². The van der Waals surface area contributed by atoms with Crippen LogP contribution in [0.2, 0.25) is 0 Å². The van der Waals surface area contributed by atoms with E-state index >= 15 is 0 Å². The van der Waals surface area contributed by atoms with Crippen molar-refractivity contribution in [1.82, 2.24) is 14.8 Å². The number of carbonyl (C=O) groups is 2. The van der Waals surface area contributed by atoms with E-state index in [2.05, 4.69) is 31.3 Å². The van der Waals surface area contributed by atoms with Crippen LogP contribution >= 0.6 is 27.3 Å². The molecule has 0 fully saturated rings. The number of nitrogens with one attached hydrogen (secondary N) is 1. The van der Waals surface area contributed by atoms with Crippen LogP contribution in [0.3, 0.4) is 0 Å². The number of amides is 2. The van der Waals surface area contributed by atoms with Crippen molar-refractivity contribution in [3.8, 4) is 0 Å². The highest BCUT2D eigenvalue weighted by Crippen LogP contribution is 2.38. The fourth-order valence-corrected chi connectivity index (χ4v) is 4.75. The summed E-state index contributed by atoms with van der Waals surface area (Å²) in [5.74, 6) is -1.80. The summed E-state index contributed by atoms with van der Waals surface area (Å²) in [6.07, 6.45) is -1.42. The SMILES string of the molecule is Cc1cc(C(F)F)nc2sc(C(N)=O)c(NC(=O)c3ccc(Cn4cc(Br)c([N+](=O)[O-])n4)o3)c12. The average molecular weight is 555 g/mol. The number of halogens is 3. The quantitative estimate of drug-likeness (QED) is 0.253. The Morgan fingerprint density at radius 2 is 2.15 bits per heavy atom. The van der Waals surface area contributed by atoms with Gasteiger partial charge in [0.25, 0.3) is 18.2 Å². The molecule has 0 unspecified atom stereocenters. The van der Waals surface area contributed by atoms with E-state index in [1.807, 2.05) is 0 Å². The molecular formula is C19H13BrF2N6O5S. The number of rotatable bonds is 7. The smallest absolute Gasteiger partial charge is 0.404 e. The Morgan fingerprint density at radius 3 is 2.76 bits per heavy atom. The molecule has 4 aromatic rings. The van der Waals surface area contributed by atoms with Gasteiger partial charge in [0, 0.05) is 5.39 Å². The lowest BCUT2D eigenvalue weighted by atomic mass is 10.1. The summed E-state index contributed by atoms with van der Waals surface area (Å²) in [4.78, 5) is 39.0. The highest BCUT2D eigenvalue weighted by atomic mass is 79.9. The third kappa shape index (κ3) is 4.38. The van der Waals surface area contributed by atoms with Gasteiger partial charge in [0.2, 0.25) is 0 Å². The molecule has 0 aliphatic rings. The van der Waals surface area contributed by atoms with Crippen LogP contribution in [-0.2, 0) is 6.54 Å². The Kier molecular flexibility index (Phi) is 6.14. The number of nitro groups is 1. The molecule has 34 heavy (non-hydrogen) atoms. The Balaban J connectivity index is 1.62. The number of aromatic nitrogens is 3. The second kappa shape index (κ2) is 8.90. The fraction of sp³-hybridized carbons (Fsp3) is 0.158. The summed E-state index contributed by atoms with van der Waals surface area (Å²) in [5.41, 5.74) is 5.40. The number of nitrogens with zero attached hydrogens (tertiary/aromatic N) is 4. The van der Waals surface area contributed by atoms with Gasteiger partial charge in [-0.2, -0.15) is 4.68 Å². The van der Waals surface area contributed by atoms with Crippen molar-refractivity contribution >= 4 is 60.8 Å². The predicted octanol–water partition coefficient (Wildman–Crippen LogP) is 4.40. The number of primary amides is 1. The molecule has 15 heteroatoms. The van der Waals surface area contributed by atoms with E-state index in [9.17, 15) is 28.5 Å². The monoisotopic (exact) mass is 554 g/mol. The number of hydrogen-bond acceptors (Lipinski definition) is 8. The lowest BCUT2D eigenvalue weighted by Crippen LogP contribution is -2.16. The van der Waals surface area contributed by atoms with Crippen molar-refractivity contribution in [3.05, 3.63) is 66.6 Å². The molecule has 0 aromatic carbocycles. The number of nitrogens with two attached hydrogens (primary N) is 1. The van der Waals surface area contributed by atoms with Crippen LogP contribution in [-0.4, -0.2) is 31.5 Å². The summed E-state index contributed by atoms with van der Waals surface area (Å²) < 4.78 is 33.2. The second-order valence-corrected chi connectivity index (χ2v) is 8.84. The average Bonchev–Trinajstić information content (AvgIpc) is 3.45. The summed E-state index contributed by atoms with van der Waals surface area (Å²) in [6, 6.07) is 4.03. The van der Waals surface area contributed by atoms with E-state index in [4.69, 9.17) is 10.2 Å². The largest absolute Gasteiger partial charge is 0.454 e. The molecule has 4 rings (SSSR count). The lowest BCUT2D eigenvalue weighted by Gasteiger charge is -2.07. The summed E-state index contributed by atoms with van der Waals surface area (Å²) >= 11 is 3.84. The fourth-order valence-electron chi connectivity index (χ4n) is 3.22. The molecule has 4 heterocycles. The summed E-state index contributed by atoms with van der Waals surface area (Å²) in [7, 11) is 0. The zero-order valence-electron chi connectivity index (χ0n) is 17.0. The van der Waals surface area contributed by atoms with Gasteiger partial charge in [-0.15, -0.1) is 11.3 Å². The van der Waals surface area contributed by atoms with Gasteiger partial charge in [0.15, 0.2) is 5.76 Å². The first-order valence-corrected chi connectivity index (χ1v) is 11.0. The zero-order valence-corrected chi connectivity index (χ0v) is 19.4. The number of carbonyl (C=O) groups excluding carboxylic acids is 2. The highest BCUT2D eigenvalue weighted by Gasteiger charge is 2.25. The Morgan fingerprint density at radius 1 is 1.41 bits per heavy atom. The molecule has 0 aliphatic heterocycles. The number of fused-ring (bicyclic) bond motifs is 1. The first kappa shape index (κ1) is 23.4. The van der Waals surface area contributed by atoms with Crippen LogP contribution in [0, 0.1) is 17.0 Å². The normalized spacial score (nSPS) is 11.3. The first-order valence-electron chi connectivity index (χ1n) is 9.34. The maximum atomic E-state index is 13.1. The topological polar surface area (TPSA) is 159 Å². The van der Waals surface area contributed by atoms with Gasteiger partial charge in [-0.25, -0.2) is 13.8 Å². The Bertz CT molecular complexity index is 1460. The molecule has 11 nitrogen and oxygen atoms in total. The van der Waals surface area contributed by atoms with Crippen LogP contribution in [0.4, 0.5) is 20.3 Å². The number of anilines is 1. The summed E-state index contributed by atoms with van der Waals surface area (Å²) in [6.45, 7) is 1.56. The van der Waals surface area contributed by atoms with Crippen molar-refractivity contribution in [3.63, 3.8) is 0 Å². The summed E-state index contributed by atoms with van der Waals surface area (Å²) in [5, 5.41) is 17.6. The van der Waals surface area contributed by atoms with E-state index in [0.717, 1.165) is 11.3 Å². The molecule has 0 spiro atoms. The van der Waals surface area contributed by atoms with Gasteiger partial charge in [-0.1, -0.05) is 0 Å². The van der Waals surface area contributed by atoms with Gasteiger partial charge in [-0.3, -0.25) is 9.59 Å². The molecule has 2 amide bonds. The standard InChI is InChI=1S/C19H13BrF2N6O5S/c1-7-4-10(15(21)22)24-19-12(7)13(14(34-19)16(23)29)25-18(30)11-3-2-8(33-11)5-27-6-9(20)17(26-27)28(31)32/h2-4,6,15H,5H2,1H3,(H2,23,29)(H,25,30). The molecule has 0 atom stereocenters. The van der Waals surface area contributed by atoms with Crippen molar-refractivity contribution in [1.29, 1.82) is 0 Å². The highest BCUT2D eigenvalue weighted by molar-refractivity contribution is 9.10. The maximum absolute atomic E-state index is 13.1. The minimum absolute atomic E-state index is 0.00701. The number of aryl methyl sites for hydroxylation is 1. The van der Waals surface area contributed by atoms with Crippen LogP contribution in [0.25, 0.3) is 10.2 Å². The van der Waals surface area contributed by atoms with E-state index in [1.165, 1.54) is 29.1 Å². The molecule has 3 N–H and O–H groups in total. The predicted molar refractivity (Wildman–Crippen MR) is 120 cm³/mol. The van der Waals surface area contributed by atoms with Gasteiger partial charge < -0.3 is 25.6 Å². The second-order valence-electron chi connectivity index (χ2n) is 6.99. The van der Waals surface area contributed by atoms with E-state index in [0.29, 0.717) is 10.9 Å². The van der Waals surface area contributed by atoms with Crippen LogP contribution in [0.1, 0.15) is 43.7 Å². The van der Waals surface area contributed by atoms with Crippen molar-refractivity contribution in [2.24, 2.45) is 5.73 Å². The Labute approximate surface area is 200 Å². The first-order chi connectivity index (χ1) is 16.0. The minimum Gasteiger partial charge on any atom is -0.454 e. The molecule has 0 aliphatic carbocycles. The van der Waals surface area contributed by atoms with Gasteiger partial charge in [0.1, 0.15) is 32.2 Å². The van der Waals surface area contributed by atoms with E-state index < -0.39 is 28.9 Å². The molecular weight excluding hydrogens is 542 g/mol. The number of thiophene rings is 1. The third-order valence-electron chi connectivity index (χ3n) is 4.64. The number of alkyl halides is 2. The molecule has 0 saturated heterocycles. The molecule has 176 valence electrons. The molecule has 0 bridgehead atoms. The zero-order chi connectivity index (χ0) is 24.7. The van der Waals surface area contributed by atoms with Crippen molar-refractivity contribution < 1.29 is 27.7 Å². The molecule has 4 aromatic heterocycles. The van der Waals surface area contributed by atoms with Crippen LogP contribution < -0.4 is 11.1 Å².